The maximum Gasteiger partial charge on any atom is 0.327 e. The van der Waals surface area contributed by atoms with E-state index in [1.165, 1.54) is 18.2 Å². The van der Waals surface area contributed by atoms with Gasteiger partial charge >= 0.3 is 5.97 Å². The fourth-order valence-electron chi connectivity index (χ4n) is 4.58. The van der Waals surface area contributed by atoms with Crippen LogP contribution in [-0.2, 0) is 26.0 Å². The number of fused-ring (bicyclic) bond motifs is 1. The van der Waals surface area contributed by atoms with E-state index in [4.69, 9.17) is 27.9 Å². The molecule has 0 radical (unpaired) electrons. The fourth-order valence-corrected chi connectivity index (χ4v) is 6.73. The first-order valence-electron chi connectivity index (χ1n) is 13.0. The molecule has 0 aliphatic heterocycles. The van der Waals surface area contributed by atoms with E-state index in [0.29, 0.717) is 28.3 Å². The number of nitrogens with zero attached hydrogens (tertiary/aromatic N) is 2. The first kappa shape index (κ1) is 31.0. The van der Waals surface area contributed by atoms with Crippen molar-refractivity contribution in [2.75, 3.05) is 10.8 Å². The molecule has 0 heterocycles. The Labute approximate surface area is 255 Å². The molecule has 0 spiro atoms. The molecule has 0 amide bonds. The Morgan fingerprint density at radius 3 is 2.21 bits per heavy atom. The van der Waals surface area contributed by atoms with Crippen LogP contribution in [0.25, 0.3) is 10.8 Å². The van der Waals surface area contributed by atoms with Crippen molar-refractivity contribution < 1.29 is 22.7 Å². The molecular formula is C32H28Cl2N2O5S. The largest absolute Gasteiger partial charge is 0.459 e. The number of ketones is 1. The summed E-state index contributed by atoms with van der Waals surface area (Å²) in [6.45, 7) is 4.42. The van der Waals surface area contributed by atoms with Crippen molar-refractivity contribution in [3.63, 3.8) is 0 Å². The van der Waals surface area contributed by atoms with E-state index in [1.54, 1.807) is 69.3 Å². The Bertz CT molecular complexity index is 1800. The van der Waals surface area contributed by atoms with E-state index in [1.807, 2.05) is 12.1 Å². The Morgan fingerprint density at radius 1 is 0.905 bits per heavy atom. The van der Waals surface area contributed by atoms with Gasteiger partial charge in [0.1, 0.15) is 12.1 Å². The molecule has 0 aliphatic rings. The van der Waals surface area contributed by atoms with Gasteiger partial charge in [-0.1, -0.05) is 71.7 Å². The minimum Gasteiger partial charge on any atom is -0.459 e. The molecule has 4 aromatic carbocycles. The van der Waals surface area contributed by atoms with Crippen LogP contribution in [0.3, 0.4) is 0 Å². The van der Waals surface area contributed by atoms with Crippen LogP contribution in [0.1, 0.15) is 48.7 Å². The minimum atomic E-state index is -4.38. The normalized spacial score (nSPS) is 11.6. The summed E-state index contributed by atoms with van der Waals surface area (Å²) in [5.41, 5.74) is 0.996. The summed E-state index contributed by atoms with van der Waals surface area (Å²) in [6.07, 6.45) is 0.510. The summed E-state index contributed by atoms with van der Waals surface area (Å²) < 4.78 is 34.5. The lowest BCUT2D eigenvalue weighted by atomic mass is 9.95. The molecule has 216 valence electrons. The lowest BCUT2D eigenvalue weighted by Gasteiger charge is -2.27. The molecule has 0 N–H and O–H groups in total. The third-order valence-corrected chi connectivity index (χ3v) is 8.52. The van der Waals surface area contributed by atoms with Gasteiger partial charge in [-0.05, 0) is 68.5 Å². The number of carbonyl (C=O) groups excluding carboxylic acids is 2. The number of halogens is 2. The van der Waals surface area contributed by atoms with Crippen LogP contribution in [0.4, 0.5) is 5.69 Å². The number of hydrogen-bond acceptors (Lipinski definition) is 6. The van der Waals surface area contributed by atoms with Crippen LogP contribution in [0.5, 0.6) is 0 Å². The number of Topliss-reactive ketones (excluding diaryl/α,β-unsaturated/α-hetero) is 1. The number of ether oxygens (including phenoxy) is 1. The van der Waals surface area contributed by atoms with Crippen LogP contribution in [0.2, 0.25) is 10.0 Å². The van der Waals surface area contributed by atoms with Crippen molar-refractivity contribution in [2.24, 2.45) is 0 Å². The van der Waals surface area contributed by atoms with Gasteiger partial charge < -0.3 is 4.74 Å². The van der Waals surface area contributed by atoms with Gasteiger partial charge in [0.2, 0.25) is 0 Å². The van der Waals surface area contributed by atoms with Crippen molar-refractivity contribution in [3.8, 4) is 6.07 Å². The maximum absolute atomic E-state index is 14.0. The van der Waals surface area contributed by atoms with Crippen LogP contribution in [0.15, 0.2) is 83.8 Å². The molecule has 0 saturated carbocycles. The Hall–Kier alpha value is -3.90. The van der Waals surface area contributed by atoms with Gasteiger partial charge in [0.25, 0.3) is 10.0 Å². The number of carbonyl (C=O) groups is 2. The smallest absolute Gasteiger partial charge is 0.327 e. The zero-order valence-corrected chi connectivity index (χ0v) is 25.6. The molecule has 0 unspecified atom stereocenters. The van der Waals surface area contributed by atoms with Crippen molar-refractivity contribution in [1.82, 2.24) is 0 Å². The van der Waals surface area contributed by atoms with Gasteiger partial charge in [0, 0.05) is 27.4 Å². The lowest BCUT2D eigenvalue weighted by Crippen LogP contribution is -2.39. The van der Waals surface area contributed by atoms with Crippen LogP contribution in [-0.4, -0.2) is 32.3 Å². The molecule has 4 aromatic rings. The zero-order valence-electron chi connectivity index (χ0n) is 23.2. The molecule has 7 nitrogen and oxygen atoms in total. The highest BCUT2D eigenvalue weighted by molar-refractivity contribution is 7.93. The number of esters is 1. The molecule has 42 heavy (non-hydrogen) atoms. The van der Waals surface area contributed by atoms with E-state index >= 15 is 0 Å². The number of benzene rings is 4. The highest BCUT2D eigenvalue weighted by Gasteiger charge is 2.31. The van der Waals surface area contributed by atoms with Crippen LogP contribution >= 0.6 is 23.2 Å². The summed E-state index contributed by atoms with van der Waals surface area (Å²) in [5.74, 6) is -0.937. The summed E-state index contributed by atoms with van der Waals surface area (Å²) >= 11 is 12.3. The average molecular weight is 624 g/mol. The van der Waals surface area contributed by atoms with E-state index in [2.05, 4.69) is 6.07 Å². The summed E-state index contributed by atoms with van der Waals surface area (Å²) in [4.78, 5) is 26.2. The predicted octanol–water partition coefficient (Wildman–Crippen LogP) is 7.37. The molecule has 10 heteroatoms. The second-order valence-electron chi connectivity index (χ2n) is 10.6. The zero-order chi connectivity index (χ0) is 30.7. The van der Waals surface area contributed by atoms with Gasteiger partial charge in [-0.3, -0.25) is 13.9 Å². The maximum atomic E-state index is 14.0. The molecule has 0 atom stereocenters. The SMILES string of the molecule is CC(C)(C)OC(=O)CN(c1cccc2c(C(=O)CCc3ccccc3C#N)cccc12)S(=O)(=O)c1cc(Cl)cc(Cl)c1. The van der Waals surface area contributed by atoms with Crippen molar-refractivity contribution in [3.05, 3.63) is 106 Å². The highest BCUT2D eigenvalue weighted by atomic mass is 35.5. The predicted molar refractivity (Wildman–Crippen MR) is 165 cm³/mol. The highest BCUT2D eigenvalue weighted by Crippen LogP contribution is 2.34. The summed E-state index contributed by atoms with van der Waals surface area (Å²) in [5, 5.41) is 10.6. The van der Waals surface area contributed by atoms with Crippen LogP contribution < -0.4 is 4.31 Å². The van der Waals surface area contributed by atoms with E-state index in [9.17, 15) is 23.3 Å². The number of anilines is 1. The van der Waals surface area contributed by atoms with E-state index < -0.39 is 28.1 Å². The van der Waals surface area contributed by atoms with E-state index in [-0.39, 0.29) is 32.8 Å². The molecule has 0 bridgehead atoms. The third kappa shape index (κ3) is 7.11. The van der Waals surface area contributed by atoms with Gasteiger partial charge in [0.15, 0.2) is 5.78 Å². The van der Waals surface area contributed by atoms with Gasteiger partial charge in [-0.15, -0.1) is 0 Å². The molecule has 0 saturated heterocycles. The minimum absolute atomic E-state index is 0.113. The van der Waals surface area contributed by atoms with Crippen molar-refractivity contribution >= 4 is 61.4 Å². The van der Waals surface area contributed by atoms with Gasteiger partial charge in [-0.25, -0.2) is 8.42 Å². The number of hydrogen-bond donors (Lipinski definition) is 0. The van der Waals surface area contributed by atoms with Crippen molar-refractivity contribution in [2.45, 2.75) is 44.1 Å². The first-order chi connectivity index (χ1) is 19.8. The topological polar surface area (TPSA) is 105 Å². The summed E-state index contributed by atoms with van der Waals surface area (Å²) in [7, 11) is -4.38. The molecule has 0 fully saturated rings. The standard InChI is InChI=1S/C32H28Cl2N2O5S/c1-32(2,3)41-31(38)20-36(42(39,40)25-17-23(33)16-24(34)18-25)29-13-7-10-26-27(29)11-6-12-28(26)30(37)15-14-21-8-4-5-9-22(21)19-35/h4-13,16-18H,14-15,20H2,1-3H3. The van der Waals surface area contributed by atoms with E-state index in [0.717, 1.165) is 9.87 Å². The second-order valence-corrected chi connectivity index (χ2v) is 13.3. The number of aryl methyl sites for hydroxylation is 1. The molecule has 0 aromatic heterocycles. The Kier molecular flexibility index (Phi) is 9.27. The Morgan fingerprint density at radius 2 is 1.55 bits per heavy atom. The molecule has 4 rings (SSSR count). The average Bonchev–Trinajstić information content (AvgIpc) is 2.92. The quantitative estimate of drug-likeness (QED) is 0.142. The van der Waals surface area contributed by atoms with Gasteiger partial charge in [0.05, 0.1) is 22.2 Å². The molecular weight excluding hydrogens is 595 g/mol. The number of rotatable bonds is 9. The summed E-state index contributed by atoms with van der Waals surface area (Å²) in [6, 6.07) is 23.1. The molecule has 0 aliphatic carbocycles. The van der Waals surface area contributed by atoms with Crippen LogP contribution in [0, 0.1) is 11.3 Å². The lowest BCUT2D eigenvalue weighted by molar-refractivity contribution is -0.152. The fraction of sp³-hybridized carbons (Fsp3) is 0.219. The monoisotopic (exact) mass is 622 g/mol. The Balaban J connectivity index is 1.80. The second kappa shape index (κ2) is 12.5. The number of sulfonamides is 1. The third-order valence-electron chi connectivity index (χ3n) is 6.34. The first-order valence-corrected chi connectivity index (χ1v) is 15.2. The van der Waals surface area contributed by atoms with Crippen molar-refractivity contribution in [1.29, 1.82) is 5.26 Å². The number of nitriles is 1. The van der Waals surface area contributed by atoms with Gasteiger partial charge in [-0.2, -0.15) is 5.26 Å².